The maximum Gasteiger partial charge on any atom is 0.125 e. The van der Waals surface area contributed by atoms with Gasteiger partial charge in [-0.25, -0.2) is 0 Å². The highest BCUT2D eigenvalue weighted by Gasteiger charge is 2.20. The number of para-hydroxylation sites is 1. The minimum atomic E-state index is -2.24. The van der Waals surface area contributed by atoms with Crippen LogP contribution >= 0.6 is 17.5 Å². The van der Waals surface area contributed by atoms with Gasteiger partial charge in [-0.1, -0.05) is 23.9 Å². The van der Waals surface area contributed by atoms with Crippen LogP contribution in [0.2, 0.25) is 0 Å². The van der Waals surface area contributed by atoms with Gasteiger partial charge in [0.25, 0.3) is 0 Å². The van der Waals surface area contributed by atoms with Crippen molar-refractivity contribution in [3.63, 3.8) is 0 Å². The summed E-state index contributed by atoms with van der Waals surface area (Å²) in [5, 5.41) is 9.30. The second kappa shape index (κ2) is 5.35. The molecule has 0 aromatic heterocycles. The van der Waals surface area contributed by atoms with Crippen molar-refractivity contribution in [2.45, 2.75) is 0 Å². The first kappa shape index (κ1) is 13.5. The number of hydrogen-bond acceptors (Lipinski definition) is 3. The number of methoxy groups -OCH3 is 1. The summed E-state index contributed by atoms with van der Waals surface area (Å²) in [5.41, 5.74) is 0. The van der Waals surface area contributed by atoms with Gasteiger partial charge in [0, 0.05) is 5.30 Å². The van der Waals surface area contributed by atoms with Gasteiger partial charge < -0.3 is 9.84 Å². The standard InChI is InChI=1S/C13H13O2PS2/c1-15-10-6-8-11(9-7-10)16(17,18)13-5-3-2-4-12(13)14/h2-9,14H,1H3,(H,17,18). The van der Waals surface area contributed by atoms with Crippen LogP contribution in [0.15, 0.2) is 48.5 Å². The van der Waals surface area contributed by atoms with Crippen LogP contribution in [0.3, 0.4) is 0 Å². The van der Waals surface area contributed by atoms with Gasteiger partial charge in [0.2, 0.25) is 0 Å². The topological polar surface area (TPSA) is 29.5 Å². The van der Waals surface area contributed by atoms with Gasteiger partial charge in [-0.15, -0.1) is 12.2 Å². The summed E-state index contributed by atoms with van der Waals surface area (Å²) in [6.45, 7) is 0. The molecule has 94 valence electrons. The number of phenolic OH excluding ortho intramolecular Hbond substituents is 1. The number of thiol groups is 1. The first-order valence-electron chi connectivity index (χ1n) is 5.31. The zero-order chi connectivity index (χ0) is 13.2. The van der Waals surface area contributed by atoms with E-state index in [4.69, 9.17) is 16.5 Å². The van der Waals surface area contributed by atoms with Crippen molar-refractivity contribution in [3.05, 3.63) is 48.5 Å². The molecule has 0 saturated carbocycles. The molecule has 0 spiro atoms. The zero-order valence-corrected chi connectivity index (χ0v) is 12.4. The highest BCUT2D eigenvalue weighted by Crippen LogP contribution is 2.50. The van der Waals surface area contributed by atoms with E-state index in [0.29, 0.717) is 5.30 Å². The van der Waals surface area contributed by atoms with E-state index in [0.717, 1.165) is 11.1 Å². The van der Waals surface area contributed by atoms with Crippen molar-refractivity contribution < 1.29 is 9.84 Å². The lowest BCUT2D eigenvalue weighted by Gasteiger charge is -2.18. The number of aromatic hydroxyl groups is 1. The number of hydrogen-bond donors (Lipinski definition) is 2. The van der Waals surface area contributed by atoms with Crippen molar-refractivity contribution in [3.8, 4) is 11.5 Å². The maximum atomic E-state index is 9.90. The van der Waals surface area contributed by atoms with Gasteiger partial charge in [-0.2, -0.15) is 0 Å². The summed E-state index contributed by atoms with van der Waals surface area (Å²) in [4.78, 5) is 0. The lowest BCUT2D eigenvalue weighted by molar-refractivity contribution is 0.415. The van der Waals surface area contributed by atoms with Crippen LogP contribution in [0.25, 0.3) is 0 Å². The lowest BCUT2D eigenvalue weighted by atomic mass is 10.3. The van der Waals surface area contributed by atoms with Crippen molar-refractivity contribution in [2.75, 3.05) is 7.11 Å². The Morgan fingerprint density at radius 2 is 1.72 bits per heavy atom. The monoisotopic (exact) mass is 296 g/mol. The van der Waals surface area contributed by atoms with Gasteiger partial charge in [0.05, 0.1) is 12.3 Å². The Hall–Kier alpha value is -0.960. The predicted molar refractivity (Wildman–Crippen MR) is 83.6 cm³/mol. The lowest BCUT2D eigenvalue weighted by Crippen LogP contribution is -2.12. The Balaban J connectivity index is 2.48. The Morgan fingerprint density at radius 1 is 1.11 bits per heavy atom. The van der Waals surface area contributed by atoms with Gasteiger partial charge >= 0.3 is 0 Å². The second-order valence-corrected chi connectivity index (χ2v) is 10.2. The summed E-state index contributed by atoms with van der Waals surface area (Å²) < 4.78 is 5.12. The number of phenols is 1. The van der Waals surface area contributed by atoms with Crippen LogP contribution in [-0.4, -0.2) is 12.2 Å². The molecule has 0 radical (unpaired) electrons. The molecule has 5 heteroatoms. The molecule has 1 N–H and O–H groups in total. The van der Waals surface area contributed by atoms with E-state index in [-0.39, 0.29) is 5.75 Å². The van der Waals surface area contributed by atoms with Crippen LogP contribution in [0.4, 0.5) is 0 Å². The molecule has 0 bridgehead atoms. The quantitative estimate of drug-likeness (QED) is 0.674. The van der Waals surface area contributed by atoms with Crippen LogP contribution < -0.4 is 15.3 Å². The molecule has 0 heterocycles. The van der Waals surface area contributed by atoms with E-state index in [9.17, 15) is 5.11 Å². The van der Waals surface area contributed by atoms with Crippen molar-refractivity contribution in [1.82, 2.24) is 0 Å². The third-order valence-corrected chi connectivity index (χ3v) is 7.22. The molecule has 2 rings (SSSR count). The Bertz CT molecular complexity index is 596. The molecule has 0 aliphatic heterocycles. The molecule has 18 heavy (non-hydrogen) atoms. The highest BCUT2D eigenvalue weighted by atomic mass is 32.9. The molecule has 1 atom stereocenters. The largest absolute Gasteiger partial charge is 0.507 e. The predicted octanol–water partition coefficient (Wildman–Crippen LogP) is 2.68. The SMILES string of the molecule is COc1ccc(P(=S)(S)c2ccccc2O)cc1. The Morgan fingerprint density at radius 3 is 2.28 bits per heavy atom. The Kier molecular flexibility index (Phi) is 4.00. The fourth-order valence-corrected chi connectivity index (χ4v) is 4.88. The third-order valence-electron chi connectivity index (χ3n) is 2.63. The highest BCUT2D eigenvalue weighted by molar-refractivity contribution is 8.68. The van der Waals surface area contributed by atoms with Crippen molar-refractivity contribution in [1.29, 1.82) is 0 Å². The maximum absolute atomic E-state index is 9.90. The molecule has 2 aromatic rings. The second-order valence-electron chi connectivity index (χ2n) is 3.76. The first-order valence-corrected chi connectivity index (χ1v) is 9.27. The van der Waals surface area contributed by atoms with Gasteiger partial charge in [-0.05, 0) is 41.7 Å². The van der Waals surface area contributed by atoms with Crippen LogP contribution in [0.5, 0.6) is 11.5 Å². The third kappa shape index (κ3) is 2.56. The van der Waals surface area contributed by atoms with Gasteiger partial charge in [-0.3, -0.25) is 0 Å². The van der Waals surface area contributed by atoms with E-state index in [2.05, 4.69) is 12.2 Å². The van der Waals surface area contributed by atoms with Crippen LogP contribution in [0.1, 0.15) is 0 Å². The molecular formula is C13H13O2PS2. The molecule has 0 aliphatic rings. The van der Waals surface area contributed by atoms with E-state index >= 15 is 0 Å². The molecule has 0 aliphatic carbocycles. The number of ether oxygens (including phenoxy) is 1. The average molecular weight is 296 g/mol. The average Bonchev–Trinajstić information content (AvgIpc) is 2.39. The summed E-state index contributed by atoms with van der Waals surface area (Å²) in [6, 6.07) is 14.6. The van der Waals surface area contributed by atoms with Crippen molar-refractivity contribution >= 4 is 39.9 Å². The number of benzene rings is 2. The molecule has 2 aromatic carbocycles. The van der Waals surface area contributed by atoms with E-state index in [1.54, 1.807) is 19.2 Å². The summed E-state index contributed by atoms with van der Waals surface area (Å²) in [7, 11) is 1.62. The molecule has 0 saturated heterocycles. The normalized spacial score (nSPS) is 13.9. The zero-order valence-electron chi connectivity index (χ0n) is 9.78. The molecule has 0 amide bonds. The van der Waals surface area contributed by atoms with Gasteiger partial charge in [0.15, 0.2) is 0 Å². The molecule has 2 nitrogen and oxygen atoms in total. The van der Waals surface area contributed by atoms with E-state index in [1.807, 2.05) is 36.4 Å². The fraction of sp³-hybridized carbons (Fsp3) is 0.0769. The van der Waals surface area contributed by atoms with Crippen LogP contribution in [0, 0.1) is 0 Å². The smallest absolute Gasteiger partial charge is 0.125 e. The van der Waals surface area contributed by atoms with E-state index < -0.39 is 5.24 Å². The summed E-state index contributed by atoms with van der Waals surface area (Å²) in [6.07, 6.45) is 0. The molecule has 0 fully saturated rings. The van der Waals surface area contributed by atoms with E-state index in [1.165, 1.54) is 0 Å². The molecular weight excluding hydrogens is 283 g/mol. The molecule has 1 unspecified atom stereocenters. The Labute approximate surface area is 117 Å². The van der Waals surface area contributed by atoms with Crippen LogP contribution in [-0.2, 0) is 11.8 Å². The first-order chi connectivity index (χ1) is 8.55. The van der Waals surface area contributed by atoms with Crippen molar-refractivity contribution in [2.24, 2.45) is 0 Å². The minimum Gasteiger partial charge on any atom is -0.507 e. The number of rotatable bonds is 3. The fourth-order valence-electron chi connectivity index (χ4n) is 1.64. The van der Waals surface area contributed by atoms with Gasteiger partial charge in [0.1, 0.15) is 11.5 Å². The summed E-state index contributed by atoms with van der Waals surface area (Å²) >= 11 is 10.2. The summed E-state index contributed by atoms with van der Waals surface area (Å²) in [5.74, 6) is 0.978. The minimum absolute atomic E-state index is 0.201.